The summed E-state index contributed by atoms with van der Waals surface area (Å²) in [6.07, 6.45) is 7.69. The summed E-state index contributed by atoms with van der Waals surface area (Å²) < 4.78 is 14.0. The lowest BCUT2D eigenvalue weighted by Gasteiger charge is -2.33. The van der Waals surface area contributed by atoms with Crippen LogP contribution >= 0.6 is 24.0 Å². The molecule has 0 bridgehead atoms. The van der Waals surface area contributed by atoms with Crippen LogP contribution in [0.25, 0.3) is 0 Å². The number of hydrogen-bond acceptors (Lipinski definition) is 4. The van der Waals surface area contributed by atoms with Gasteiger partial charge in [-0.3, -0.25) is 4.99 Å². The Morgan fingerprint density at radius 1 is 1.31 bits per heavy atom. The highest BCUT2D eigenvalue weighted by molar-refractivity contribution is 14.0. The predicted molar refractivity (Wildman–Crippen MR) is 129 cm³/mol. The Labute approximate surface area is 191 Å². The molecule has 8 heteroatoms. The van der Waals surface area contributed by atoms with E-state index in [0.717, 1.165) is 51.5 Å². The first kappa shape index (κ1) is 24.1. The van der Waals surface area contributed by atoms with E-state index in [2.05, 4.69) is 34.4 Å². The van der Waals surface area contributed by atoms with Gasteiger partial charge in [-0.05, 0) is 58.2 Å². The van der Waals surface area contributed by atoms with Crippen LogP contribution in [-0.2, 0) is 0 Å². The number of rotatable bonds is 7. The number of nitrogens with zero attached hydrogens (tertiary/aromatic N) is 4. The average molecular weight is 518 g/mol. The number of aromatic nitrogens is 1. The third-order valence-electron chi connectivity index (χ3n) is 5.73. The minimum absolute atomic E-state index is 0. The number of aliphatic imine (C=N–C) groups is 1. The summed E-state index contributed by atoms with van der Waals surface area (Å²) in [6, 6.07) is 4.06. The average Bonchev–Trinajstić information content (AvgIpc) is 3.15. The van der Waals surface area contributed by atoms with Crippen LogP contribution in [0.1, 0.15) is 46.0 Å². The molecule has 164 valence electrons. The molecule has 0 aromatic carbocycles. The summed E-state index contributed by atoms with van der Waals surface area (Å²) >= 11 is 0. The third kappa shape index (κ3) is 7.24. The van der Waals surface area contributed by atoms with Crippen molar-refractivity contribution < 1.29 is 4.39 Å². The molecule has 0 radical (unpaired) electrons. The van der Waals surface area contributed by atoms with E-state index in [1.165, 1.54) is 31.9 Å². The number of hydrogen-bond donors (Lipinski definition) is 2. The Bertz CT molecular complexity index is 643. The Balaban J connectivity index is 0.00000300. The van der Waals surface area contributed by atoms with Crippen LogP contribution < -0.4 is 15.5 Å². The van der Waals surface area contributed by atoms with Crippen LogP contribution in [0.5, 0.6) is 0 Å². The van der Waals surface area contributed by atoms with E-state index in [4.69, 9.17) is 4.99 Å². The van der Waals surface area contributed by atoms with E-state index in [9.17, 15) is 4.39 Å². The molecule has 2 N–H and O–H groups in total. The second-order valence-corrected chi connectivity index (χ2v) is 7.88. The van der Waals surface area contributed by atoms with E-state index in [-0.39, 0.29) is 35.8 Å². The van der Waals surface area contributed by atoms with Gasteiger partial charge >= 0.3 is 0 Å². The van der Waals surface area contributed by atoms with Crippen LogP contribution in [0, 0.1) is 5.82 Å². The standard InChI is InChI=1S/C21H35FN6.HI/c1-3-23-21(25-12-7-14-27-13-5-4-8-17(27)2)26-18-10-15-28(16-18)20-19(22)9-6-11-24-20;/h6,9,11,17-18H,3-5,7-8,10,12-16H2,1-2H3,(H2,23,25,26);1H. The fourth-order valence-electron chi connectivity index (χ4n) is 4.15. The lowest BCUT2D eigenvalue weighted by molar-refractivity contribution is 0.160. The van der Waals surface area contributed by atoms with Gasteiger partial charge in [0.2, 0.25) is 0 Å². The van der Waals surface area contributed by atoms with E-state index in [0.29, 0.717) is 11.9 Å². The molecule has 2 saturated heterocycles. The van der Waals surface area contributed by atoms with Crippen molar-refractivity contribution in [2.45, 2.75) is 58.0 Å². The molecule has 2 atom stereocenters. The third-order valence-corrected chi connectivity index (χ3v) is 5.73. The highest BCUT2D eigenvalue weighted by Gasteiger charge is 2.26. The number of likely N-dealkylation sites (tertiary alicyclic amines) is 1. The van der Waals surface area contributed by atoms with Gasteiger partial charge < -0.3 is 20.4 Å². The molecule has 2 aliphatic rings. The molecule has 2 aliphatic heterocycles. The quantitative estimate of drug-likeness (QED) is 0.251. The van der Waals surface area contributed by atoms with E-state index in [1.807, 2.05) is 4.90 Å². The summed E-state index contributed by atoms with van der Waals surface area (Å²) in [7, 11) is 0. The van der Waals surface area contributed by atoms with Crippen LogP contribution in [0.3, 0.4) is 0 Å². The zero-order valence-corrected chi connectivity index (χ0v) is 20.1. The molecular formula is C21H36FIN6. The number of piperidine rings is 1. The number of nitrogens with one attached hydrogen (secondary N) is 2. The molecule has 2 fully saturated rings. The smallest absolute Gasteiger partial charge is 0.191 e. The van der Waals surface area contributed by atoms with Crippen LogP contribution in [-0.4, -0.2) is 67.2 Å². The molecule has 0 aliphatic carbocycles. The van der Waals surface area contributed by atoms with Crippen molar-refractivity contribution in [2.75, 3.05) is 44.2 Å². The molecular weight excluding hydrogens is 482 g/mol. The summed E-state index contributed by atoms with van der Waals surface area (Å²) in [6.45, 7) is 9.97. The maximum absolute atomic E-state index is 14.0. The maximum atomic E-state index is 14.0. The van der Waals surface area contributed by atoms with Crippen molar-refractivity contribution in [1.82, 2.24) is 20.5 Å². The Hall–Kier alpha value is -1.16. The van der Waals surface area contributed by atoms with E-state index in [1.54, 1.807) is 12.3 Å². The summed E-state index contributed by atoms with van der Waals surface area (Å²) in [5, 5.41) is 6.86. The molecule has 6 nitrogen and oxygen atoms in total. The minimum atomic E-state index is -0.254. The zero-order chi connectivity index (χ0) is 19.8. The second-order valence-electron chi connectivity index (χ2n) is 7.88. The Kier molecular flexibility index (Phi) is 10.4. The van der Waals surface area contributed by atoms with Crippen molar-refractivity contribution in [3.05, 3.63) is 24.1 Å². The monoisotopic (exact) mass is 518 g/mol. The topological polar surface area (TPSA) is 55.8 Å². The first-order chi connectivity index (χ1) is 13.7. The first-order valence-corrected chi connectivity index (χ1v) is 10.8. The van der Waals surface area contributed by atoms with Crippen LogP contribution in [0.4, 0.5) is 10.2 Å². The molecule has 0 amide bonds. The van der Waals surface area contributed by atoms with Gasteiger partial charge in [-0.1, -0.05) is 6.42 Å². The fourth-order valence-corrected chi connectivity index (χ4v) is 4.15. The molecule has 3 heterocycles. The van der Waals surface area contributed by atoms with Gasteiger partial charge in [-0.15, -0.1) is 24.0 Å². The lowest BCUT2D eigenvalue weighted by Crippen LogP contribution is -2.45. The highest BCUT2D eigenvalue weighted by atomic mass is 127. The molecule has 0 saturated carbocycles. The molecule has 1 aromatic rings. The summed E-state index contributed by atoms with van der Waals surface area (Å²) in [5.41, 5.74) is 0. The molecule has 2 unspecified atom stereocenters. The number of guanidine groups is 1. The van der Waals surface area contributed by atoms with Crippen molar-refractivity contribution in [1.29, 1.82) is 0 Å². The van der Waals surface area contributed by atoms with E-state index < -0.39 is 0 Å². The van der Waals surface area contributed by atoms with Gasteiger partial charge in [0.25, 0.3) is 0 Å². The van der Waals surface area contributed by atoms with Gasteiger partial charge in [0.05, 0.1) is 0 Å². The minimum Gasteiger partial charge on any atom is -0.357 e. The summed E-state index contributed by atoms with van der Waals surface area (Å²) in [5.74, 6) is 1.06. The van der Waals surface area contributed by atoms with Crippen LogP contribution in [0.15, 0.2) is 23.3 Å². The van der Waals surface area contributed by atoms with Crippen molar-refractivity contribution in [3.63, 3.8) is 0 Å². The normalized spacial score (nSPS) is 23.0. The predicted octanol–water partition coefficient (Wildman–Crippen LogP) is 3.24. The van der Waals surface area contributed by atoms with Gasteiger partial charge in [0.15, 0.2) is 17.6 Å². The lowest BCUT2D eigenvalue weighted by atomic mass is 10.0. The van der Waals surface area contributed by atoms with Crippen molar-refractivity contribution >= 4 is 35.8 Å². The van der Waals surface area contributed by atoms with Crippen LogP contribution in [0.2, 0.25) is 0 Å². The van der Waals surface area contributed by atoms with E-state index >= 15 is 0 Å². The van der Waals surface area contributed by atoms with Crippen molar-refractivity contribution in [3.8, 4) is 0 Å². The Morgan fingerprint density at radius 3 is 2.93 bits per heavy atom. The van der Waals surface area contributed by atoms with Gasteiger partial charge in [0.1, 0.15) is 0 Å². The summed E-state index contributed by atoms with van der Waals surface area (Å²) in [4.78, 5) is 13.6. The number of anilines is 1. The number of halogens is 2. The first-order valence-electron chi connectivity index (χ1n) is 10.8. The maximum Gasteiger partial charge on any atom is 0.191 e. The van der Waals surface area contributed by atoms with Gasteiger partial charge in [-0.2, -0.15) is 0 Å². The zero-order valence-electron chi connectivity index (χ0n) is 17.7. The van der Waals surface area contributed by atoms with Gasteiger partial charge in [-0.25, -0.2) is 9.37 Å². The molecule has 1 aromatic heterocycles. The number of pyridine rings is 1. The SMILES string of the molecule is CCNC(=NCCCN1CCCCC1C)NC1CCN(c2ncccc2F)C1.I. The molecule has 0 spiro atoms. The second kappa shape index (κ2) is 12.5. The Morgan fingerprint density at radius 2 is 2.17 bits per heavy atom. The largest absolute Gasteiger partial charge is 0.357 e. The fraction of sp³-hybridized carbons (Fsp3) is 0.714. The highest BCUT2D eigenvalue weighted by Crippen LogP contribution is 2.20. The van der Waals surface area contributed by atoms with Crippen molar-refractivity contribution in [2.24, 2.45) is 4.99 Å². The molecule has 29 heavy (non-hydrogen) atoms. The molecule has 3 rings (SSSR count). The van der Waals surface area contributed by atoms with Gasteiger partial charge in [0, 0.05) is 51.0 Å².